The van der Waals surface area contributed by atoms with Crippen molar-refractivity contribution in [3.8, 4) is 11.1 Å². The third kappa shape index (κ3) is 4.29. The van der Waals surface area contributed by atoms with Crippen LogP contribution < -0.4 is 5.32 Å². The van der Waals surface area contributed by atoms with E-state index < -0.39 is 0 Å². The molecule has 1 N–H and O–H groups in total. The molecule has 0 aliphatic carbocycles. The summed E-state index contributed by atoms with van der Waals surface area (Å²) < 4.78 is 9.13. The molecule has 0 bridgehead atoms. The Morgan fingerprint density at radius 2 is 1.16 bits per heavy atom. The molecule has 0 saturated heterocycles. The van der Waals surface area contributed by atoms with E-state index in [1.807, 2.05) is 47.7 Å². The van der Waals surface area contributed by atoms with Crippen molar-refractivity contribution >= 4 is 59.3 Å². The van der Waals surface area contributed by atoms with Crippen LogP contribution in [0.4, 0.5) is 0 Å². The van der Waals surface area contributed by atoms with E-state index in [2.05, 4.69) is 108 Å². The van der Waals surface area contributed by atoms with Gasteiger partial charge in [0.25, 0.3) is 0 Å². The predicted octanol–water partition coefficient (Wildman–Crippen LogP) is 10.7. The molecule has 6 aromatic carbocycles. The zero-order valence-electron chi connectivity index (χ0n) is 23.6. The third-order valence-corrected chi connectivity index (χ3v) is 9.64. The molecule has 2 atom stereocenters. The number of nitrogens with zero attached hydrogens (tertiary/aromatic N) is 2. The predicted molar refractivity (Wildman–Crippen MR) is 183 cm³/mol. The van der Waals surface area contributed by atoms with E-state index in [1.165, 1.54) is 25.7 Å². The molecule has 0 fully saturated rings. The molecule has 8 aromatic rings. The van der Waals surface area contributed by atoms with E-state index in [4.69, 9.17) is 14.7 Å². The first kappa shape index (κ1) is 25.3. The summed E-state index contributed by atoms with van der Waals surface area (Å²) in [6, 6.07) is 48.9. The second-order valence-electron chi connectivity index (χ2n) is 11.2. The average molecular weight is 585 g/mol. The molecule has 0 saturated carbocycles. The van der Waals surface area contributed by atoms with Crippen molar-refractivity contribution in [3.05, 3.63) is 162 Å². The zero-order chi connectivity index (χ0) is 29.0. The van der Waals surface area contributed by atoms with E-state index in [-0.39, 0.29) is 12.3 Å². The lowest BCUT2D eigenvalue weighted by atomic mass is 10.0. The monoisotopic (exact) mass is 584 g/mol. The van der Waals surface area contributed by atoms with Crippen LogP contribution in [0.25, 0.3) is 58.6 Å². The molecular formula is C39H26N3OS-. The minimum atomic E-state index is -0.208. The van der Waals surface area contributed by atoms with Crippen molar-refractivity contribution in [3.63, 3.8) is 0 Å². The molecule has 1 aliphatic rings. The number of rotatable bonds is 4. The number of aliphatic imine (C=N–C) groups is 1. The second kappa shape index (κ2) is 10.2. The van der Waals surface area contributed by atoms with Gasteiger partial charge in [-0.15, -0.1) is 11.3 Å². The second-order valence-corrected chi connectivity index (χ2v) is 12.3. The summed E-state index contributed by atoms with van der Waals surface area (Å²) in [5.41, 5.74) is 7.18. The molecule has 0 amide bonds. The Bertz CT molecular complexity index is 2350. The highest BCUT2D eigenvalue weighted by Gasteiger charge is 2.19. The fourth-order valence-corrected chi connectivity index (χ4v) is 7.35. The first-order valence-corrected chi connectivity index (χ1v) is 15.6. The lowest BCUT2D eigenvalue weighted by Gasteiger charge is -2.40. The molecule has 2 unspecified atom stereocenters. The van der Waals surface area contributed by atoms with Crippen LogP contribution in [0, 0.1) is 0 Å². The SMILES string of the molecule is c1ccc(C2N=C(c3ccc4c(c3)oc3cc(-c5ccc6sc7ccccc7c6c5)ccc34)[N-]C(c3ccccc3)N2)cc1. The quantitative estimate of drug-likeness (QED) is 0.224. The van der Waals surface area contributed by atoms with Crippen LogP contribution in [-0.2, 0) is 0 Å². The van der Waals surface area contributed by atoms with E-state index in [9.17, 15) is 0 Å². The fraction of sp³-hybridized carbons (Fsp3) is 0.0513. The summed E-state index contributed by atoms with van der Waals surface area (Å²) in [5.74, 6) is 0.714. The molecule has 1 aliphatic heterocycles. The van der Waals surface area contributed by atoms with Crippen LogP contribution in [-0.4, -0.2) is 5.84 Å². The highest BCUT2D eigenvalue weighted by molar-refractivity contribution is 7.25. The van der Waals surface area contributed by atoms with Gasteiger partial charge in [-0.3, -0.25) is 0 Å². The number of furan rings is 1. The van der Waals surface area contributed by atoms with Gasteiger partial charge in [-0.1, -0.05) is 103 Å². The first-order valence-electron chi connectivity index (χ1n) is 14.8. The maximum Gasteiger partial charge on any atom is 0.136 e. The molecule has 44 heavy (non-hydrogen) atoms. The molecular weight excluding hydrogens is 559 g/mol. The van der Waals surface area contributed by atoms with Crippen molar-refractivity contribution in [2.45, 2.75) is 12.3 Å². The number of nitrogens with one attached hydrogen (secondary N) is 1. The van der Waals surface area contributed by atoms with Crippen molar-refractivity contribution < 1.29 is 4.42 Å². The molecule has 3 heterocycles. The lowest BCUT2D eigenvalue weighted by Crippen LogP contribution is -2.31. The van der Waals surface area contributed by atoms with Gasteiger partial charge < -0.3 is 20.0 Å². The Morgan fingerprint density at radius 3 is 1.95 bits per heavy atom. The number of benzene rings is 6. The van der Waals surface area contributed by atoms with Gasteiger partial charge in [0, 0.05) is 43.3 Å². The highest BCUT2D eigenvalue weighted by Crippen LogP contribution is 2.39. The van der Waals surface area contributed by atoms with E-state index in [1.54, 1.807) is 0 Å². The molecule has 210 valence electrons. The average Bonchev–Trinajstić information content (AvgIpc) is 3.66. The van der Waals surface area contributed by atoms with Crippen molar-refractivity contribution in [1.82, 2.24) is 5.32 Å². The van der Waals surface area contributed by atoms with Crippen LogP contribution in [0.3, 0.4) is 0 Å². The van der Waals surface area contributed by atoms with Crippen LogP contribution in [0.1, 0.15) is 29.0 Å². The van der Waals surface area contributed by atoms with E-state index >= 15 is 0 Å². The molecule has 5 heteroatoms. The van der Waals surface area contributed by atoms with Gasteiger partial charge >= 0.3 is 0 Å². The Kier molecular flexibility index (Phi) is 5.86. The number of hydrogen-bond donors (Lipinski definition) is 1. The first-order chi connectivity index (χ1) is 21.8. The van der Waals surface area contributed by atoms with Crippen LogP contribution in [0.2, 0.25) is 0 Å². The van der Waals surface area contributed by atoms with Gasteiger partial charge in [0.05, 0.1) is 0 Å². The maximum absolute atomic E-state index is 6.50. The normalized spacial score (nSPS) is 16.9. The van der Waals surface area contributed by atoms with E-state index in [0.29, 0.717) is 5.84 Å². The van der Waals surface area contributed by atoms with Gasteiger partial charge in [-0.2, -0.15) is 0 Å². The van der Waals surface area contributed by atoms with Crippen molar-refractivity contribution in [2.24, 2.45) is 4.99 Å². The Hall–Kier alpha value is -5.23. The molecule has 2 aromatic heterocycles. The summed E-state index contributed by atoms with van der Waals surface area (Å²) in [6.45, 7) is 0. The van der Waals surface area contributed by atoms with E-state index in [0.717, 1.165) is 44.2 Å². The number of thiophene rings is 1. The molecule has 0 spiro atoms. The third-order valence-electron chi connectivity index (χ3n) is 8.49. The molecule has 9 rings (SSSR count). The lowest BCUT2D eigenvalue weighted by molar-refractivity contribution is 0.488. The fourth-order valence-electron chi connectivity index (χ4n) is 6.26. The summed E-state index contributed by atoms with van der Waals surface area (Å²) in [4.78, 5) is 5.05. The van der Waals surface area contributed by atoms with Gasteiger partial charge in [-0.05, 0) is 70.3 Å². The van der Waals surface area contributed by atoms with Crippen LogP contribution in [0.15, 0.2) is 149 Å². The number of hydrogen-bond acceptors (Lipinski definition) is 4. The Labute approximate surface area is 258 Å². The van der Waals surface area contributed by atoms with Gasteiger partial charge in [-0.25, -0.2) is 0 Å². The topological polar surface area (TPSA) is 51.6 Å². The summed E-state index contributed by atoms with van der Waals surface area (Å²) in [6.07, 6.45) is -0.416. The standard InChI is InChI=1S/C39H26N3OS/c1-3-9-24(10-4-1)37-40-38(25-11-5-2-6-12-25)42-39(41-37)28-16-19-30-29-18-15-27(22-33(29)43-34(30)23-28)26-17-20-36-32(21-26)31-13-7-8-14-35(31)44-36/h1-23,37-38,40H/q-1. The zero-order valence-corrected chi connectivity index (χ0v) is 24.5. The van der Waals surface area contributed by atoms with Crippen LogP contribution in [0.5, 0.6) is 0 Å². The van der Waals surface area contributed by atoms with Gasteiger partial charge in [0.1, 0.15) is 11.2 Å². The van der Waals surface area contributed by atoms with Crippen LogP contribution >= 0.6 is 11.3 Å². The number of fused-ring (bicyclic) bond motifs is 6. The van der Waals surface area contributed by atoms with Crippen molar-refractivity contribution in [2.75, 3.05) is 0 Å². The molecule has 0 radical (unpaired) electrons. The minimum absolute atomic E-state index is 0.208. The summed E-state index contributed by atoms with van der Waals surface area (Å²) in [5, 5.41) is 13.5. The minimum Gasteiger partial charge on any atom is -0.456 e. The molecule has 4 nitrogen and oxygen atoms in total. The van der Waals surface area contributed by atoms with Gasteiger partial charge in [0.15, 0.2) is 0 Å². The Balaban J connectivity index is 1.10. The summed E-state index contributed by atoms with van der Waals surface area (Å²) >= 11 is 1.84. The number of amidine groups is 1. The smallest absolute Gasteiger partial charge is 0.136 e. The maximum atomic E-state index is 6.50. The van der Waals surface area contributed by atoms with Gasteiger partial charge in [0.2, 0.25) is 0 Å². The summed E-state index contributed by atoms with van der Waals surface area (Å²) in [7, 11) is 0. The largest absolute Gasteiger partial charge is 0.456 e. The highest BCUT2D eigenvalue weighted by atomic mass is 32.1. The van der Waals surface area contributed by atoms with Crippen molar-refractivity contribution in [1.29, 1.82) is 0 Å². The Morgan fingerprint density at radius 1 is 0.545 bits per heavy atom.